The number of nitrogens with zero attached hydrogens (tertiary/aromatic N) is 5. The molecule has 0 aliphatic heterocycles. The normalized spacial score (nSPS) is 11.2. The first-order valence-corrected chi connectivity index (χ1v) is 16.6. The average molecular weight is 640 g/mol. The van der Waals surface area contributed by atoms with Gasteiger partial charge in [-0.3, -0.25) is 9.97 Å². The molecule has 9 aromatic rings. The molecule has 0 aliphatic rings. The lowest BCUT2D eigenvalue weighted by Crippen LogP contribution is -2.00. The Labute approximate surface area is 289 Å². The van der Waals surface area contributed by atoms with Crippen molar-refractivity contribution < 1.29 is 0 Å². The lowest BCUT2D eigenvalue weighted by atomic mass is 9.96. The van der Waals surface area contributed by atoms with Crippen molar-refractivity contribution in [3.63, 3.8) is 0 Å². The van der Waals surface area contributed by atoms with E-state index >= 15 is 0 Å². The first kappa shape index (κ1) is 29.3. The molecule has 0 fully saturated rings. The summed E-state index contributed by atoms with van der Waals surface area (Å²) in [5.74, 6) is 1.93. The van der Waals surface area contributed by atoms with Crippen molar-refractivity contribution in [2.75, 3.05) is 0 Å². The van der Waals surface area contributed by atoms with Gasteiger partial charge < -0.3 is 0 Å². The maximum Gasteiger partial charge on any atom is 0.164 e. The number of fused-ring (bicyclic) bond motifs is 3. The molecular weight excluding hydrogens is 611 g/mol. The Bertz CT molecular complexity index is 2600. The summed E-state index contributed by atoms with van der Waals surface area (Å²) in [5.41, 5.74) is 9.26. The molecule has 0 radical (unpaired) electrons. The Morgan fingerprint density at radius 2 is 0.820 bits per heavy atom. The molecule has 0 aliphatic carbocycles. The zero-order valence-corrected chi connectivity index (χ0v) is 27.0. The van der Waals surface area contributed by atoms with Crippen LogP contribution in [0.2, 0.25) is 0 Å². The summed E-state index contributed by atoms with van der Waals surface area (Å²) in [6.45, 7) is 0. The SMILES string of the molecule is c1ccc(-c2ccc(-c3nc(-c4ccccc4)nc(-c4ccc5c(ccc6cc(-c7ccc(-c8cccnc8)nc7)ccc65)c4)n3)cc2)cc1. The number of rotatable bonds is 6. The highest BCUT2D eigenvalue weighted by molar-refractivity contribution is 6.09. The third-order valence-corrected chi connectivity index (χ3v) is 9.07. The van der Waals surface area contributed by atoms with Gasteiger partial charge >= 0.3 is 0 Å². The Hall–Kier alpha value is -6.85. The summed E-state index contributed by atoms with van der Waals surface area (Å²) in [4.78, 5) is 23.8. The smallest absolute Gasteiger partial charge is 0.164 e. The molecular formula is C45H29N5. The fraction of sp³-hybridized carbons (Fsp3) is 0. The number of aromatic nitrogens is 5. The monoisotopic (exact) mass is 639 g/mol. The van der Waals surface area contributed by atoms with Gasteiger partial charge in [-0.25, -0.2) is 15.0 Å². The molecule has 234 valence electrons. The second-order valence-corrected chi connectivity index (χ2v) is 12.2. The molecule has 0 amide bonds. The second-order valence-electron chi connectivity index (χ2n) is 12.2. The van der Waals surface area contributed by atoms with Crippen LogP contribution in [-0.4, -0.2) is 24.9 Å². The van der Waals surface area contributed by atoms with Gasteiger partial charge in [-0.1, -0.05) is 127 Å². The zero-order valence-electron chi connectivity index (χ0n) is 27.0. The summed E-state index contributed by atoms with van der Waals surface area (Å²) in [6.07, 6.45) is 5.54. The minimum absolute atomic E-state index is 0.639. The van der Waals surface area contributed by atoms with E-state index in [0.717, 1.165) is 50.0 Å². The van der Waals surface area contributed by atoms with E-state index in [9.17, 15) is 0 Å². The van der Waals surface area contributed by atoms with Crippen LogP contribution >= 0.6 is 0 Å². The van der Waals surface area contributed by atoms with Gasteiger partial charge in [0.2, 0.25) is 0 Å². The van der Waals surface area contributed by atoms with Crippen molar-refractivity contribution in [3.05, 3.63) is 176 Å². The standard InChI is InChI=1S/C45H29N5/c1-3-8-30(9-4-1)31-13-15-33(16-14-31)44-48-43(32-10-5-2-6-11-32)49-45(50-44)37-20-23-41-36(27-37)18-17-35-26-34(19-22-40(35)41)38-21-24-42(47-29-38)39-12-7-25-46-28-39/h1-29H. The van der Waals surface area contributed by atoms with Crippen molar-refractivity contribution >= 4 is 21.5 Å². The molecule has 0 unspecified atom stereocenters. The van der Waals surface area contributed by atoms with Crippen LogP contribution in [0.1, 0.15) is 0 Å². The summed E-state index contributed by atoms with van der Waals surface area (Å²) in [6, 6.07) is 54.4. The molecule has 0 atom stereocenters. The van der Waals surface area contributed by atoms with Crippen molar-refractivity contribution in [1.82, 2.24) is 24.9 Å². The molecule has 0 bridgehead atoms. The number of benzene rings is 6. The maximum atomic E-state index is 5.01. The second kappa shape index (κ2) is 12.6. The first-order valence-electron chi connectivity index (χ1n) is 16.6. The van der Waals surface area contributed by atoms with Crippen LogP contribution in [0.15, 0.2) is 176 Å². The predicted molar refractivity (Wildman–Crippen MR) is 203 cm³/mol. The average Bonchev–Trinajstić information content (AvgIpc) is 3.21. The maximum absolute atomic E-state index is 5.01. The highest BCUT2D eigenvalue weighted by atomic mass is 15.0. The van der Waals surface area contributed by atoms with Crippen LogP contribution in [0, 0.1) is 0 Å². The summed E-state index contributed by atoms with van der Waals surface area (Å²) in [5, 5.41) is 4.67. The Balaban J connectivity index is 1.07. The van der Waals surface area contributed by atoms with Gasteiger partial charge in [0.05, 0.1) is 5.69 Å². The van der Waals surface area contributed by atoms with Crippen LogP contribution in [0.5, 0.6) is 0 Å². The molecule has 0 spiro atoms. The van der Waals surface area contributed by atoms with E-state index in [2.05, 4.69) is 108 Å². The minimum Gasteiger partial charge on any atom is -0.264 e. The molecule has 3 heterocycles. The van der Waals surface area contributed by atoms with E-state index in [-0.39, 0.29) is 0 Å². The largest absolute Gasteiger partial charge is 0.264 e. The summed E-state index contributed by atoms with van der Waals surface area (Å²) in [7, 11) is 0. The number of hydrogen-bond acceptors (Lipinski definition) is 5. The molecule has 5 nitrogen and oxygen atoms in total. The van der Waals surface area contributed by atoms with E-state index in [1.807, 2.05) is 67.0 Å². The van der Waals surface area contributed by atoms with Crippen LogP contribution in [0.3, 0.4) is 0 Å². The predicted octanol–water partition coefficient (Wildman–Crippen LogP) is 11.0. The Morgan fingerprint density at radius 3 is 1.44 bits per heavy atom. The van der Waals surface area contributed by atoms with Gasteiger partial charge in [-0.05, 0) is 68.6 Å². The highest BCUT2D eigenvalue weighted by Gasteiger charge is 2.14. The molecule has 3 aromatic heterocycles. The van der Waals surface area contributed by atoms with Gasteiger partial charge in [0.25, 0.3) is 0 Å². The van der Waals surface area contributed by atoms with Crippen molar-refractivity contribution in [1.29, 1.82) is 0 Å². The number of hydrogen-bond donors (Lipinski definition) is 0. The molecule has 5 heteroatoms. The lowest BCUT2D eigenvalue weighted by Gasteiger charge is -2.11. The fourth-order valence-corrected chi connectivity index (χ4v) is 6.43. The Morgan fingerprint density at radius 1 is 0.320 bits per heavy atom. The lowest BCUT2D eigenvalue weighted by molar-refractivity contribution is 1.07. The van der Waals surface area contributed by atoms with E-state index < -0.39 is 0 Å². The van der Waals surface area contributed by atoms with Crippen molar-refractivity contribution in [3.8, 4) is 67.7 Å². The van der Waals surface area contributed by atoms with Crippen molar-refractivity contribution in [2.24, 2.45) is 0 Å². The first-order chi connectivity index (χ1) is 24.7. The van der Waals surface area contributed by atoms with Gasteiger partial charge in [0, 0.05) is 46.4 Å². The van der Waals surface area contributed by atoms with Crippen LogP contribution in [0.4, 0.5) is 0 Å². The quantitative estimate of drug-likeness (QED) is 0.169. The van der Waals surface area contributed by atoms with Gasteiger partial charge in [-0.2, -0.15) is 0 Å². The Kier molecular flexibility index (Phi) is 7.41. The van der Waals surface area contributed by atoms with E-state index in [1.54, 1.807) is 6.20 Å². The van der Waals surface area contributed by atoms with Gasteiger partial charge in [-0.15, -0.1) is 0 Å². The molecule has 50 heavy (non-hydrogen) atoms. The molecule has 0 N–H and O–H groups in total. The van der Waals surface area contributed by atoms with E-state index in [4.69, 9.17) is 19.9 Å². The summed E-state index contributed by atoms with van der Waals surface area (Å²) >= 11 is 0. The highest BCUT2D eigenvalue weighted by Crippen LogP contribution is 2.33. The van der Waals surface area contributed by atoms with Crippen LogP contribution in [-0.2, 0) is 0 Å². The number of pyridine rings is 2. The molecule has 0 saturated heterocycles. The van der Waals surface area contributed by atoms with Crippen LogP contribution in [0.25, 0.3) is 89.2 Å². The zero-order chi connectivity index (χ0) is 33.3. The van der Waals surface area contributed by atoms with E-state index in [0.29, 0.717) is 17.5 Å². The van der Waals surface area contributed by atoms with Crippen LogP contribution < -0.4 is 0 Å². The van der Waals surface area contributed by atoms with Gasteiger partial charge in [0.1, 0.15) is 0 Å². The van der Waals surface area contributed by atoms with Crippen molar-refractivity contribution in [2.45, 2.75) is 0 Å². The fourth-order valence-electron chi connectivity index (χ4n) is 6.43. The third-order valence-electron chi connectivity index (χ3n) is 9.07. The summed E-state index contributed by atoms with van der Waals surface area (Å²) < 4.78 is 0. The minimum atomic E-state index is 0.639. The molecule has 6 aromatic carbocycles. The molecule has 0 saturated carbocycles. The van der Waals surface area contributed by atoms with E-state index in [1.165, 1.54) is 21.7 Å². The molecule has 9 rings (SSSR count). The van der Waals surface area contributed by atoms with Gasteiger partial charge in [0.15, 0.2) is 17.5 Å². The topological polar surface area (TPSA) is 64.5 Å². The third kappa shape index (κ3) is 5.67.